The van der Waals surface area contributed by atoms with E-state index in [1.165, 1.54) is 0 Å². The predicted octanol–water partition coefficient (Wildman–Crippen LogP) is 3.26. The van der Waals surface area contributed by atoms with Gasteiger partial charge >= 0.3 is 6.01 Å². The van der Waals surface area contributed by atoms with Crippen molar-refractivity contribution in [2.24, 2.45) is 0 Å². The quantitative estimate of drug-likeness (QED) is 0.862. The van der Waals surface area contributed by atoms with E-state index in [2.05, 4.69) is 15.5 Å². The first-order valence-corrected chi connectivity index (χ1v) is 5.63. The van der Waals surface area contributed by atoms with Crippen LogP contribution in [-0.2, 0) is 0 Å². The second kappa shape index (κ2) is 4.20. The molecule has 4 nitrogen and oxygen atoms in total. The molecule has 1 N–H and O–H groups in total. The maximum Gasteiger partial charge on any atom is 0.322 e. The Hall–Kier alpha value is -1.84. The van der Waals surface area contributed by atoms with Gasteiger partial charge in [0.25, 0.3) is 0 Å². The number of rotatable bonds is 2. The van der Waals surface area contributed by atoms with Crippen LogP contribution in [-0.4, -0.2) is 15.7 Å². The molecule has 0 atom stereocenters. The van der Waals surface area contributed by atoms with Gasteiger partial charge in [0.15, 0.2) is 0 Å². The molecule has 1 aromatic heterocycles. The van der Waals surface area contributed by atoms with Crippen molar-refractivity contribution in [3.8, 4) is 11.4 Å². The fourth-order valence-corrected chi connectivity index (χ4v) is 1.53. The van der Waals surface area contributed by atoms with Crippen LogP contribution in [0.5, 0.6) is 0 Å². The standard InChI is InChI=1S/C13H17N3O/c1-9-7-5-6-8-10(9)11-14-12(17-16-11)15-13(2,3)4/h5-8H,1-4H3,(H,14,15,16). The maximum atomic E-state index is 5.18. The highest BCUT2D eigenvalue weighted by Crippen LogP contribution is 2.22. The van der Waals surface area contributed by atoms with Crippen molar-refractivity contribution in [3.05, 3.63) is 29.8 Å². The lowest BCUT2D eigenvalue weighted by molar-refractivity contribution is 0.420. The summed E-state index contributed by atoms with van der Waals surface area (Å²) in [7, 11) is 0. The fraction of sp³-hybridized carbons (Fsp3) is 0.385. The normalized spacial score (nSPS) is 11.5. The van der Waals surface area contributed by atoms with Crippen LogP contribution < -0.4 is 5.32 Å². The summed E-state index contributed by atoms with van der Waals surface area (Å²) in [4.78, 5) is 4.34. The minimum Gasteiger partial charge on any atom is -0.333 e. The Bertz CT molecular complexity index is 511. The molecule has 0 saturated carbocycles. The topological polar surface area (TPSA) is 51.0 Å². The van der Waals surface area contributed by atoms with Crippen molar-refractivity contribution in [3.63, 3.8) is 0 Å². The van der Waals surface area contributed by atoms with E-state index in [4.69, 9.17) is 4.52 Å². The molecular weight excluding hydrogens is 214 g/mol. The van der Waals surface area contributed by atoms with E-state index >= 15 is 0 Å². The highest BCUT2D eigenvalue weighted by Gasteiger charge is 2.15. The van der Waals surface area contributed by atoms with E-state index < -0.39 is 0 Å². The van der Waals surface area contributed by atoms with Gasteiger partial charge in [0.1, 0.15) is 0 Å². The minimum atomic E-state index is -0.0878. The average molecular weight is 231 g/mol. The first kappa shape index (κ1) is 11.6. The predicted molar refractivity (Wildman–Crippen MR) is 67.8 cm³/mol. The van der Waals surface area contributed by atoms with Crippen molar-refractivity contribution < 1.29 is 4.52 Å². The van der Waals surface area contributed by atoms with Gasteiger partial charge in [-0.05, 0) is 33.3 Å². The number of aromatic nitrogens is 2. The van der Waals surface area contributed by atoms with Gasteiger partial charge in [-0.1, -0.05) is 29.4 Å². The van der Waals surface area contributed by atoms with Crippen LogP contribution in [0.15, 0.2) is 28.8 Å². The number of hydrogen-bond acceptors (Lipinski definition) is 4. The second-order valence-electron chi connectivity index (χ2n) is 5.11. The van der Waals surface area contributed by atoms with Crippen molar-refractivity contribution in [1.29, 1.82) is 0 Å². The number of nitrogens with one attached hydrogen (secondary N) is 1. The van der Waals surface area contributed by atoms with Crippen molar-refractivity contribution in [1.82, 2.24) is 10.1 Å². The zero-order chi connectivity index (χ0) is 12.5. The fourth-order valence-electron chi connectivity index (χ4n) is 1.53. The first-order chi connectivity index (χ1) is 7.96. The van der Waals surface area contributed by atoms with Gasteiger partial charge in [-0.3, -0.25) is 0 Å². The van der Waals surface area contributed by atoms with Crippen LogP contribution in [0.1, 0.15) is 26.3 Å². The lowest BCUT2D eigenvalue weighted by atomic mass is 10.1. The van der Waals surface area contributed by atoms with Gasteiger partial charge in [0, 0.05) is 11.1 Å². The molecule has 1 heterocycles. The first-order valence-electron chi connectivity index (χ1n) is 5.63. The maximum absolute atomic E-state index is 5.18. The number of benzene rings is 1. The molecule has 2 rings (SSSR count). The molecule has 0 aliphatic heterocycles. The summed E-state index contributed by atoms with van der Waals surface area (Å²) < 4.78 is 5.18. The third-order valence-electron chi connectivity index (χ3n) is 2.29. The molecule has 4 heteroatoms. The summed E-state index contributed by atoms with van der Waals surface area (Å²) in [6.07, 6.45) is 0. The van der Waals surface area contributed by atoms with Gasteiger partial charge in [0.05, 0.1) is 0 Å². The van der Waals surface area contributed by atoms with Gasteiger partial charge in [-0.2, -0.15) is 4.98 Å². The molecule has 0 spiro atoms. The minimum absolute atomic E-state index is 0.0878. The number of hydrogen-bond donors (Lipinski definition) is 1. The van der Waals surface area contributed by atoms with Crippen LogP contribution >= 0.6 is 0 Å². The Morgan fingerprint density at radius 1 is 1.18 bits per heavy atom. The van der Waals surface area contributed by atoms with E-state index in [1.54, 1.807) is 0 Å². The van der Waals surface area contributed by atoms with E-state index in [1.807, 2.05) is 52.0 Å². The molecule has 17 heavy (non-hydrogen) atoms. The molecule has 0 aliphatic carbocycles. The van der Waals surface area contributed by atoms with Gasteiger partial charge in [0.2, 0.25) is 5.82 Å². The number of aryl methyl sites for hydroxylation is 1. The molecular formula is C13H17N3O. The molecule has 90 valence electrons. The smallest absolute Gasteiger partial charge is 0.322 e. The zero-order valence-corrected chi connectivity index (χ0v) is 10.6. The van der Waals surface area contributed by atoms with Gasteiger partial charge < -0.3 is 9.84 Å². The summed E-state index contributed by atoms with van der Waals surface area (Å²) >= 11 is 0. The summed E-state index contributed by atoms with van der Waals surface area (Å²) in [6.45, 7) is 8.17. The van der Waals surface area contributed by atoms with Crippen molar-refractivity contribution in [2.75, 3.05) is 5.32 Å². The Balaban J connectivity index is 2.28. The van der Waals surface area contributed by atoms with Gasteiger partial charge in [-0.25, -0.2) is 0 Å². The molecule has 0 radical (unpaired) electrons. The monoisotopic (exact) mass is 231 g/mol. The van der Waals surface area contributed by atoms with Crippen molar-refractivity contribution in [2.45, 2.75) is 33.2 Å². The summed E-state index contributed by atoms with van der Waals surface area (Å²) in [5, 5.41) is 7.13. The zero-order valence-electron chi connectivity index (χ0n) is 10.6. The Kier molecular flexibility index (Phi) is 2.88. The number of nitrogens with zero attached hydrogens (tertiary/aromatic N) is 2. The molecule has 2 aromatic rings. The molecule has 0 aliphatic rings. The summed E-state index contributed by atoms with van der Waals surface area (Å²) in [5.74, 6) is 0.620. The van der Waals surface area contributed by atoms with Gasteiger partial charge in [-0.15, -0.1) is 0 Å². The highest BCUT2D eigenvalue weighted by atomic mass is 16.5. The van der Waals surface area contributed by atoms with E-state index in [0.717, 1.165) is 11.1 Å². The van der Waals surface area contributed by atoms with E-state index in [0.29, 0.717) is 11.8 Å². The van der Waals surface area contributed by atoms with Crippen molar-refractivity contribution >= 4 is 6.01 Å². The Morgan fingerprint density at radius 2 is 1.88 bits per heavy atom. The third kappa shape index (κ3) is 2.84. The van der Waals surface area contributed by atoms with E-state index in [-0.39, 0.29) is 5.54 Å². The van der Waals surface area contributed by atoms with Crippen LogP contribution in [0.2, 0.25) is 0 Å². The Morgan fingerprint density at radius 3 is 2.53 bits per heavy atom. The van der Waals surface area contributed by atoms with Crippen LogP contribution in [0, 0.1) is 6.92 Å². The SMILES string of the molecule is Cc1ccccc1-c1noc(NC(C)(C)C)n1. The highest BCUT2D eigenvalue weighted by molar-refractivity contribution is 5.60. The van der Waals surface area contributed by atoms with Crippen LogP contribution in [0.4, 0.5) is 6.01 Å². The number of anilines is 1. The molecule has 0 amide bonds. The summed E-state index contributed by atoms with van der Waals surface area (Å²) in [6, 6.07) is 8.43. The lowest BCUT2D eigenvalue weighted by Crippen LogP contribution is -2.26. The Labute approximate surface area is 101 Å². The molecule has 0 unspecified atom stereocenters. The summed E-state index contributed by atoms with van der Waals surface area (Å²) in [5.41, 5.74) is 2.05. The lowest BCUT2D eigenvalue weighted by Gasteiger charge is -2.17. The average Bonchev–Trinajstić information content (AvgIpc) is 2.64. The molecule has 0 fully saturated rings. The molecule has 0 bridgehead atoms. The largest absolute Gasteiger partial charge is 0.333 e. The molecule has 1 aromatic carbocycles. The third-order valence-corrected chi connectivity index (χ3v) is 2.29. The van der Waals surface area contributed by atoms with Crippen LogP contribution in [0.25, 0.3) is 11.4 Å². The van der Waals surface area contributed by atoms with Crippen LogP contribution in [0.3, 0.4) is 0 Å². The molecule has 0 saturated heterocycles. The van der Waals surface area contributed by atoms with E-state index in [9.17, 15) is 0 Å². The second-order valence-corrected chi connectivity index (χ2v) is 5.11.